The molecule has 4 heteroatoms. The van der Waals surface area contributed by atoms with Crippen LogP contribution in [0.25, 0.3) is 16.9 Å². The molecular formula is C13H12N4. The van der Waals surface area contributed by atoms with Crippen molar-refractivity contribution in [3.63, 3.8) is 0 Å². The highest BCUT2D eigenvalue weighted by Crippen LogP contribution is 2.21. The molecule has 4 nitrogen and oxygen atoms in total. The predicted octanol–water partition coefficient (Wildman–Crippen LogP) is 2.29. The Bertz CT molecular complexity index is 670. The van der Waals surface area contributed by atoms with E-state index in [4.69, 9.17) is 5.73 Å². The van der Waals surface area contributed by atoms with E-state index in [0.29, 0.717) is 5.69 Å². The van der Waals surface area contributed by atoms with Crippen molar-refractivity contribution in [1.29, 1.82) is 0 Å². The first kappa shape index (κ1) is 9.84. The van der Waals surface area contributed by atoms with E-state index >= 15 is 0 Å². The summed E-state index contributed by atoms with van der Waals surface area (Å²) in [4.78, 5) is 8.61. The summed E-state index contributed by atoms with van der Waals surface area (Å²) in [6.45, 7) is 2.01. The number of anilines is 1. The number of aryl methyl sites for hydroxylation is 1. The average Bonchev–Trinajstić information content (AvgIpc) is 2.74. The lowest BCUT2D eigenvalue weighted by molar-refractivity contribution is 1.16. The Morgan fingerprint density at radius 3 is 2.94 bits per heavy atom. The molecule has 3 rings (SSSR count). The number of nitrogen functional groups attached to an aromatic ring is 1. The largest absolute Gasteiger partial charge is 0.396 e. The number of imidazole rings is 1. The molecule has 0 aliphatic carbocycles. The Labute approximate surface area is 98.8 Å². The highest BCUT2D eigenvalue weighted by molar-refractivity contribution is 5.71. The van der Waals surface area contributed by atoms with Crippen LogP contribution in [0.1, 0.15) is 5.56 Å². The van der Waals surface area contributed by atoms with Gasteiger partial charge in [0, 0.05) is 30.4 Å². The molecule has 0 aliphatic rings. The van der Waals surface area contributed by atoms with E-state index in [1.165, 1.54) is 0 Å². The summed E-state index contributed by atoms with van der Waals surface area (Å²) >= 11 is 0. The van der Waals surface area contributed by atoms with Crippen LogP contribution in [0.5, 0.6) is 0 Å². The van der Waals surface area contributed by atoms with Crippen LogP contribution < -0.4 is 5.73 Å². The molecule has 0 saturated carbocycles. The maximum absolute atomic E-state index is 5.95. The van der Waals surface area contributed by atoms with Crippen molar-refractivity contribution in [3.8, 4) is 11.3 Å². The fraction of sp³-hybridized carbons (Fsp3) is 0.0769. The van der Waals surface area contributed by atoms with Crippen molar-refractivity contribution < 1.29 is 0 Å². The van der Waals surface area contributed by atoms with Gasteiger partial charge in [-0.3, -0.25) is 4.98 Å². The van der Waals surface area contributed by atoms with Gasteiger partial charge in [-0.15, -0.1) is 0 Å². The minimum Gasteiger partial charge on any atom is -0.396 e. The Hall–Kier alpha value is -2.36. The van der Waals surface area contributed by atoms with E-state index in [9.17, 15) is 0 Å². The second kappa shape index (κ2) is 3.59. The molecule has 84 valence electrons. The SMILES string of the molecule is Cc1cc(N)c2nc(-c3cccnc3)cn2c1. The second-order valence-electron chi connectivity index (χ2n) is 4.07. The number of aromatic nitrogens is 3. The molecule has 3 heterocycles. The average molecular weight is 224 g/mol. The first-order valence-electron chi connectivity index (χ1n) is 5.39. The van der Waals surface area contributed by atoms with Crippen LogP contribution in [0.4, 0.5) is 5.69 Å². The molecule has 0 aromatic carbocycles. The number of hydrogen-bond donors (Lipinski definition) is 1. The maximum Gasteiger partial charge on any atom is 0.160 e. The lowest BCUT2D eigenvalue weighted by Crippen LogP contribution is -1.93. The molecule has 17 heavy (non-hydrogen) atoms. The van der Waals surface area contributed by atoms with Gasteiger partial charge in [-0.1, -0.05) is 0 Å². The predicted molar refractivity (Wildman–Crippen MR) is 67.6 cm³/mol. The van der Waals surface area contributed by atoms with Crippen molar-refractivity contribution in [1.82, 2.24) is 14.4 Å². The third kappa shape index (κ3) is 1.63. The van der Waals surface area contributed by atoms with Crippen LogP contribution in [0.3, 0.4) is 0 Å². The van der Waals surface area contributed by atoms with Crippen LogP contribution in [0.15, 0.2) is 43.0 Å². The first-order chi connectivity index (χ1) is 8.24. The zero-order chi connectivity index (χ0) is 11.8. The molecular weight excluding hydrogens is 212 g/mol. The van der Waals surface area contributed by atoms with Gasteiger partial charge in [0.15, 0.2) is 5.65 Å². The standard InChI is InChI=1S/C13H12N4/c1-9-5-11(14)13-16-12(8-17(13)7-9)10-3-2-4-15-6-10/h2-8H,14H2,1H3. The molecule has 2 N–H and O–H groups in total. The van der Waals surface area contributed by atoms with Crippen molar-refractivity contribution in [3.05, 3.63) is 48.5 Å². The van der Waals surface area contributed by atoms with Gasteiger partial charge in [-0.05, 0) is 30.7 Å². The van der Waals surface area contributed by atoms with Gasteiger partial charge in [-0.2, -0.15) is 0 Å². The number of hydrogen-bond acceptors (Lipinski definition) is 3. The van der Waals surface area contributed by atoms with Gasteiger partial charge in [0.2, 0.25) is 0 Å². The topological polar surface area (TPSA) is 56.2 Å². The van der Waals surface area contributed by atoms with Gasteiger partial charge in [0.05, 0.1) is 11.4 Å². The molecule has 0 radical (unpaired) electrons. The summed E-state index contributed by atoms with van der Waals surface area (Å²) in [7, 11) is 0. The van der Waals surface area contributed by atoms with Crippen molar-refractivity contribution in [2.24, 2.45) is 0 Å². The summed E-state index contributed by atoms with van der Waals surface area (Å²) < 4.78 is 1.95. The zero-order valence-corrected chi connectivity index (χ0v) is 9.46. The lowest BCUT2D eigenvalue weighted by atomic mass is 10.2. The molecule has 0 fully saturated rings. The second-order valence-corrected chi connectivity index (χ2v) is 4.07. The van der Waals surface area contributed by atoms with Crippen molar-refractivity contribution in [2.45, 2.75) is 6.92 Å². The van der Waals surface area contributed by atoms with Crippen LogP contribution in [0.2, 0.25) is 0 Å². The Kier molecular flexibility index (Phi) is 2.08. The molecule has 0 spiro atoms. The molecule has 3 aromatic rings. The van der Waals surface area contributed by atoms with Gasteiger partial charge in [0.1, 0.15) is 0 Å². The van der Waals surface area contributed by atoms with Crippen LogP contribution >= 0.6 is 0 Å². The van der Waals surface area contributed by atoms with E-state index in [-0.39, 0.29) is 0 Å². The number of pyridine rings is 2. The Morgan fingerprint density at radius 1 is 1.29 bits per heavy atom. The van der Waals surface area contributed by atoms with Crippen LogP contribution in [-0.2, 0) is 0 Å². The molecule has 0 amide bonds. The fourth-order valence-corrected chi connectivity index (χ4v) is 1.93. The highest BCUT2D eigenvalue weighted by Gasteiger charge is 2.06. The number of fused-ring (bicyclic) bond motifs is 1. The lowest BCUT2D eigenvalue weighted by Gasteiger charge is -1.98. The maximum atomic E-state index is 5.95. The molecule has 0 bridgehead atoms. The smallest absolute Gasteiger partial charge is 0.160 e. The van der Waals surface area contributed by atoms with E-state index < -0.39 is 0 Å². The molecule has 0 aliphatic heterocycles. The van der Waals surface area contributed by atoms with Crippen molar-refractivity contribution >= 4 is 11.3 Å². The third-order valence-electron chi connectivity index (χ3n) is 2.67. The first-order valence-corrected chi connectivity index (χ1v) is 5.39. The fourth-order valence-electron chi connectivity index (χ4n) is 1.93. The van der Waals surface area contributed by atoms with E-state index in [1.54, 1.807) is 12.4 Å². The van der Waals surface area contributed by atoms with Crippen LogP contribution in [0, 0.1) is 6.92 Å². The third-order valence-corrected chi connectivity index (χ3v) is 2.67. The molecule has 0 unspecified atom stereocenters. The van der Waals surface area contributed by atoms with Gasteiger partial charge in [0.25, 0.3) is 0 Å². The molecule has 3 aromatic heterocycles. The van der Waals surface area contributed by atoms with Gasteiger partial charge in [-0.25, -0.2) is 4.98 Å². The van der Waals surface area contributed by atoms with E-state index in [0.717, 1.165) is 22.5 Å². The summed E-state index contributed by atoms with van der Waals surface area (Å²) in [5, 5.41) is 0. The number of nitrogens with two attached hydrogens (primary N) is 1. The summed E-state index contributed by atoms with van der Waals surface area (Å²) in [6.07, 6.45) is 7.52. The Balaban J connectivity index is 2.24. The number of rotatable bonds is 1. The summed E-state index contributed by atoms with van der Waals surface area (Å²) in [5.41, 5.74) is 10.4. The Morgan fingerprint density at radius 2 is 2.18 bits per heavy atom. The van der Waals surface area contributed by atoms with Gasteiger partial charge >= 0.3 is 0 Å². The number of nitrogens with zero attached hydrogens (tertiary/aromatic N) is 3. The van der Waals surface area contributed by atoms with Crippen molar-refractivity contribution in [2.75, 3.05) is 5.73 Å². The normalized spacial score (nSPS) is 10.9. The summed E-state index contributed by atoms with van der Waals surface area (Å²) in [5.74, 6) is 0. The monoisotopic (exact) mass is 224 g/mol. The zero-order valence-electron chi connectivity index (χ0n) is 9.46. The molecule has 0 saturated heterocycles. The minimum atomic E-state index is 0.695. The molecule has 0 atom stereocenters. The van der Waals surface area contributed by atoms with E-state index in [2.05, 4.69) is 9.97 Å². The van der Waals surface area contributed by atoms with Crippen LogP contribution in [-0.4, -0.2) is 14.4 Å². The minimum absolute atomic E-state index is 0.695. The summed E-state index contributed by atoms with van der Waals surface area (Å²) in [6, 6.07) is 5.81. The van der Waals surface area contributed by atoms with Gasteiger partial charge < -0.3 is 10.1 Å². The quantitative estimate of drug-likeness (QED) is 0.690. The van der Waals surface area contributed by atoms with E-state index in [1.807, 2.05) is 41.9 Å². The highest BCUT2D eigenvalue weighted by atomic mass is 15.0.